The van der Waals surface area contributed by atoms with Gasteiger partial charge in [-0.2, -0.15) is 0 Å². The molecule has 2 nitrogen and oxygen atoms in total. The van der Waals surface area contributed by atoms with Crippen LogP contribution in [0.15, 0.2) is 18.2 Å². The second-order valence-electron chi connectivity index (χ2n) is 4.76. The predicted molar refractivity (Wildman–Crippen MR) is 61.2 cm³/mol. The van der Waals surface area contributed by atoms with E-state index in [1.165, 1.54) is 0 Å². The van der Waals surface area contributed by atoms with Gasteiger partial charge in [0.15, 0.2) is 0 Å². The molecule has 82 valence electrons. The molecule has 0 unspecified atom stereocenters. The van der Waals surface area contributed by atoms with Crippen molar-refractivity contribution in [2.45, 2.75) is 39.5 Å². The fourth-order valence-electron chi connectivity index (χ4n) is 1.80. The molecule has 0 atom stereocenters. The molecule has 0 aliphatic rings. The molecule has 1 aromatic rings. The number of aromatic hydroxyl groups is 1. The van der Waals surface area contributed by atoms with Crippen molar-refractivity contribution < 1.29 is 9.90 Å². The summed E-state index contributed by atoms with van der Waals surface area (Å²) in [4.78, 5) is 11.1. The highest BCUT2D eigenvalue weighted by atomic mass is 16.3. The van der Waals surface area contributed by atoms with E-state index in [4.69, 9.17) is 0 Å². The van der Waals surface area contributed by atoms with Gasteiger partial charge in [-0.3, -0.25) is 4.79 Å². The molecular weight excluding hydrogens is 188 g/mol. The molecule has 0 heterocycles. The van der Waals surface area contributed by atoms with Crippen LogP contribution < -0.4 is 0 Å². The van der Waals surface area contributed by atoms with Gasteiger partial charge in [-0.1, -0.05) is 26.0 Å². The summed E-state index contributed by atoms with van der Waals surface area (Å²) in [6.45, 7) is 7.55. The van der Waals surface area contributed by atoms with Gasteiger partial charge in [0, 0.05) is 6.42 Å². The highest BCUT2D eigenvalue weighted by molar-refractivity contribution is 5.77. The molecule has 0 aromatic heterocycles. The lowest BCUT2D eigenvalue weighted by Crippen LogP contribution is -2.20. The molecule has 0 amide bonds. The maximum atomic E-state index is 11.1. The first-order chi connectivity index (χ1) is 6.83. The number of Topliss-reactive ketones (excluding diaryl/α,β-unsaturated/α-hetero) is 1. The van der Waals surface area contributed by atoms with Crippen molar-refractivity contribution in [3.63, 3.8) is 0 Å². The highest BCUT2D eigenvalue weighted by Crippen LogP contribution is 2.30. The van der Waals surface area contributed by atoms with Gasteiger partial charge in [0.1, 0.15) is 11.5 Å². The number of benzene rings is 1. The van der Waals surface area contributed by atoms with E-state index >= 15 is 0 Å². The molecule has 0 saturated carbocycles. The fourth-order valence-corrected chi connectivity index (χ4v) is 1.80. The second-order valence-corrected chi connectivity index (χ2v) is 4.76. The van der Waals surface area contributed by atoms with Gasteiger partial charge in [-0.15, -0.1) is 0 Å². The van der Waals surface area contributed by atoms with Crippen LogP contribution in [0.2, 0.25) is 0 Å². The first-order valence-corrected chi connectivity index (χ1v) is 5.12. The van der Waals surface area contributed by atoms with Gasteiger partial charge in [0.2, 0.25) is 0 Å². The zero-order valence-electron chi connectivity index (χ0n) is 9.79. The monoisotopic (exact) mass is 206 g/mol. The predicted octanol–water partition coefficient (Wildman–Crippen LogP) is 2.96. The Hall–Kier alpha value is -1.31. The van der Waals surface area contributed by atoms with E-state index in [0.717, 1.165) is 11.1 Å². The van der Waals surface area contributed by atoms with Crippen LogP contribution in [-0.2, 0) is 10.2 Å². The molecule has 15 heavy (non-hydrogen) atoms. The van der Waals surface area contributed by atoms with Gasteiger partial charge in [-0.05, 0) is 36.5 Å². The molecule has 2 heteroatoms. The number of hydrogen-bond donors (Lipinski definition) is 1. The second kappa shape index (κ2) is 4.05. The van der Waals surface area contributed by atoms with Crippen molar-refractivity contribution in [2.75, 3.05) is 0 Å². The van der Waals surface area contributed by atoms with E-state index < -0.39 is 0 Å². The van der Waals surface area contributed by atoms with Crippen molar-refractivity contribution in [3.05, 3.63) is 29.3 Å². The Balaban J connectivity index is 3.04. The Labute approximate surface area is 90.9 Å². The number of ketones is 1. The topological polar surface area (TPSA) is 37.3 Å². The fraction of sp³-hybridized carbons (Fsp3) is 0.462. The zero-order chi connectivity index (χ0) is 11.6. The van der Waals surface area contributed by atoms with Crippen molar-refractivity contribution in [1.29, 1.82) is 0 Å². The van der Waals surface area contributed by atoms with Gasteiger partial charge in [0.25, 0.3) is 0 Å². The molecule has 1 N–H and O–H groups in total. The average Bonchev–Trinajstić information content (AvgIpc) is 2.07. The van der Waals surface area contributed by atoms with Crippen molar-refractivity contribution >= 4 is 5.78 Å². The summed E-state index contributed by atoms with van der Waals surface area (Å²) in [6, 6.07) is 5.51. The number of phenolic OH excluding ortho intramolecular Hbond substituents is 1. The van der Waals surface area contributed by atoms with Crippen LogP contribution in [-0.4, -0.2) is 10.9 Å². The van der Waals surface area contributed by atoms with E-state index in [1.807, 2.05) is 32.9 Å². The number of phenols is 1. The molecule has 0 spiro atoms. The molecule has 0 radical (unpaired) electrons. The Bertz CT molecular complexity index is 378. The number of rotatable bonds is 3. The Morgan fingerprint density at radius 2 is 2.00 bits per heavy atom. The first-order valence-electron chi connectivity index (χ1n) is 5.12. The summed E-state index contributed by atoms with van der Waals surface area (Å²) in [7, 11) is 0. The average molecular weight is 206 g/mol. The minimum absolute atomic E-state index is 0.162. The third-order valence-electron chi connectivity index (χ3n) is 2.67. The Kier molecular flexibility index (Phi) is 3.18. The summed E-state index contributed by atoms with van der Waals surface area (Å²) in [6.07, 6.45) is 0.525. The van der Waals surface area contributed by atoms with Crippen LogP contribution in [0.25, 0.3) is 0 Å². The summed E-state index contributed by atoms with van der Waals surface area (Å²) < 4.78 is 0. The maximum Gasteiger partial charge on any atom is 0.130 e. The summed E-state index contributed by atoms with van der Waals surface area (Å²) in [5, 5.41) is 9.42. The molecular formula is C13H18O2. The number of hydrogen-bond acceptors (Lipinski definition) is 2. The smallest absolute Gasteiger partial charge is 0.130 e. The standard InChI is InChI=1S/C13H18O2/c1-9-7-11(5-6-12(9)15)13(3,4)8-10(2)14/h5-7,15H,8H2,1-4H3. The number of carbonyl (C=O) groups excluding carboxylic acids is 1. The quantitative estimate of drug-likeness (QED) is 0.825. The van der Waals surface area contributed by atoms with Crippen molar-refractivity contribution in [2.24, 2.45) is 0 Å². The van der Waals surface area contributed by atoms with E-state index in [0.29, 0.717) is 12.2 Å². The van der Waals surface area contributed by atoms with E-state index in [1.54, 1.807) is 13.0 Å². The maximum absolute atomic E-state index is 11.1. The molecule has 0 aliphatic heterocycles. The lowest BCUT2D eigenvalue weighted by atomic mass is 9.80. The van der Waals surface area contributed by atoms with Crippen LogP contribution in [0.3, 0.4) is 0 Å². The minimum atomic E-state index is -0.162. The van der Waals surface area contributed by atoms with Crippen LogP contribution in [0.4, 0.5) is 0 Å². The van der Waals surface area contributed by atoms with Gasteiger partial charge >= 0.3 is 0 Å². The van der Waals surface area contributed by atoms with Crippen LogP contribution in [0, 0.1) is 6.92 Å². The zero-order valence-corrected chi connectivity index (χ0v) is 9.79. The Morgan fingerprint density at radius 3 is 2.47 bits per heavy atom. The van der Waals surface area contributed by atoms with Crippen molar-refractivity contribution in [1.82, 2.24) is 0 Å². The lowest BCUT2D eigenvalue weighted by Gasteiger charge is -2.24. The first kappa shape index (κ1) is 11.8. The third kappa shape index (κ3) is 2.82. The molecule has 0 aliphatic carbocycles. The summed E-state index contributed by atoms with van der Waals surface area (Å²) in [5.74, 6) is 0.489. The van der Waals surface area contributed by atoms with Crippen LogP contribution in [0.1, 0.15) is 38.3 Å². The molecule has 0 bridgehead atoms. The summed E-state index contributed by atoms with van der Waals surface area (Å²) in [5.41, 5.74) is 1.78. The lowest BCUT2D eigenvalue weighted by molar-refractivity contribution is -0.118. The molecule has 1 aromatic carbocycles. The third-order valence-corrected chi connectivity index (χ3v) is 2.67. The van der Waals surface area contributed by atoms with Crippen LogP contribution in [0.5, 0.6) is 5.75 Å². The minimum Gasteiger partial charge on any atom is -0.508 e. The highest BCUT2D eigenvalue weighted by Gasteiger charge is 2.22. The largest absolute Gasteiger partial charge is 0.508 e. The SMILES string of the molecule is CC(=O)CC(C)(C)c1ccc(O)c(C)c1. The molecule has 1 rings (SSSR count). The number of carbonyl (C=O) groups is 1. The van der Waals surface area contributed by atoms with Gasteiger partial charge < -0.3 is 5.11 Å². The molecule has 0 fully saturated rings. The van der Waals surface area contributed by atoms with E-state index in [-0.39, 0.29) is 11.2 Å². The van der Waals surface area contributed by atoms with Gasteiger partial charge in [0.05, 0.1) is 0 Å². The van der Waals surface area contributed by atoms with Crippen LogP contribution >= 0.6 is 0 Å². The van der Waals surface area contributed by atoms with E-state index in [9.17, 15) is 9.90 Å². The summed E-state index contributed by atoms with van der Waals surface area (Å²) >= 11 is 0. The van der Waals surface area contributed by atoms with Crippen molar-refractivity contribution in [3.8, 4) is 5.75 Å². The molecule has 0 saturated heterocycles. The number of aryl methyl sites for hydroxylation is 1. The Morgan fingerprint density at radius 1 is 1.40 bits per heavy atom. The van der Waals surface area contributed by atoms with E-state index in [2.05, 4.69) is 0 Å². The van der Waals surface area contributed by atoms with Gasteiger partial charge in [-0.25, -0.2) is 0 Å². The normalized spacial score (nSPS) is 11.5.